The molecule has 0 rings (SSSR count). The van der Waals surface area contributed by atoms with Crippen LogP contribution in [0, 0.1) is 5.41 Å². The van der Waals surface area contributed by atoms with Crippen LogP contribution in [-0.4, -0.2) is 26.7 Å². The molecule has 0 aliphatic rings. The van der Waals surface area contributed by atoms with Crippen LogP contribution in [0.2, 0.25) is 18.6 Å². The summed E-state index contributed by atoms with van der Waals surface area (Å²) in [4.78, 5) is 10.2. The molecule has 0 heterocycles. The Morgan fingerprint density at radius 2 is 1.41 bits per heavy atom. The second-order valence-corrected chi connectivity index (χ2v) is 11.2. The van der Waals surface area contributed by atoms with Crippen LogP contribution in [0.5, 0.6) is 0 Å². The zero-order valence-electron chi connectivity index (χ0n) is 15.5. The first kappa shape index (κ1) is 21.5. The summed E-state index contributed by atoms with van der Waals surface area (Å²) in [5.41, 5.74) is 1.44. The lowest BCUT2D eigenvalue weighted by atomic mass is 9.88. The number of ether oxygens (including phenoxy) is 1. The number of unbranched alkanes of at least 4 members (excludes halogenated alkanes) is 7. The first-order valence-corrected chi connectivity index (χ1v) is 12.1. The average Bonchev–Trinajstić information content (AvgIpc) is 2.37. The van der Waals surface area contributed by atoms with Crippen LogP contribution in [0.1, 0.15) is 78.6 Å². The van der Waals surface area contributed by atoms with E-state index in [1.807, 2.05) is 0 Å². The Morgan fingerprint density at radius 1 is 0.955 bits per heavy atom. The van der Waals surface area contributed by atoms with Gasteiger partial charge in [0.15, 0.2) is 0 Å². The van der Waals surface area contributed by atoms with Crippen LogP contribution in [0.3, 0.4) is 0 Å². The molecule has 0 saturated heterocycles. The lowest BCUT2D eigenvalue weighted by Crippen LogP contribution is -2.25. The third-order valence-electron chi connectivity index (χ3n) is 4.55. The van der Waals surface area contributed by atoms with Gasteiger partial charge in [-0.2, -0.15) is 0 Å². The van der Waals surface area contributed by atoms with E-state index in [9.17, 15) is 4.79 Å². The molecule has 3 nitrogen and oxygen atoms in total. The average molecular weight is 331 g/mol. The minimum absolute atomic E-state index is 0.350. The molecule has 0 aromatic heterocycles. The molecule has 0 fully saturated rings. The zero-order chi connectivity index (χ0) is 17.0. The zero-order valence-corrected chi connectivity index (χ0v) is 16.6. The first-order valence-electron chi connectivity index (χ1n) is 9.11. The van der Waals surface area contributed by atoms with Crippen molar-refractivity contribution in [1.82, 2.24) is 0 Å². The summed E-state index contributed by atoms with van der Waals surface area (Å²) in [5, 5.41) is 8.34. The summed E-state index contributed by atoms with van der Waals surface area (Å²) >= 11 is 0. The molecule has 1 atom stereocenters. The van der Waals surface area contributed by atoms with Gasteiger partial charge in [-0.25, -0.2) is 4.79 Å². The minimum atomic E-state index is -1.15. The van der Waals surface area contributed by atoms with Crippen molar-refractivity contribution < 1.29 is 14.6 Å². The fourth-order valence-electron chi connectivity index (χ4n) is 3.45. The maximum Gasteiger partial charge on any atom is 0.505 e. The van der Waals surface area contributed by atoms with E-state index in [-0.39, 0.29) is 0 Å². The Balaban J connectivity index is 3.44. The van der Waals surface area contributed by atoms with Crippen molar-refractivity contribution in [3.63, 3.8) is 0 Å². The maximum atomic E-state index is 10.2. The van der Waals surface area contributed by atoms with E-state index in [0.717, 1.165) is 18.4 Å². The van der Waals surface area contributed by atoms with Crippen molar-refractivity contribution in [2.75, 3.05) is 6.61 Å². The van der Waals surface area contributed by atoms with Crippen molar-refractivity contribution in [2.24, 2.45) is 5.41 Å². The number of hydrogen-bond acceptors (Lipinski definition) is 2. The highest BCUT2D eigenvalue weighted by Crippen LogP contribution is 2.38. The molecule has 0 radical (unpaired) electrons. The number of rotatable bonds is 12. The van der Waals surface area contributed by atoms with Crippen LogP contribution >= 0.6 is 0 Å². The van der Waals surface area contributed by atoms with Gasteiger partial charge in [-0.05, 0) is 17.4 Å². The smallest absolute Gasteiger partial charge is 0.450 e. The van der Waals surface area contributed by atoms with Gasteiger partial charge in [-0.3, -0.25) is 0 Å². The van der Waals surface area contributed by atoms with Crippen LogP contribution < -0.4 is 0 Å². The van der Waals surface area contributed by atoms with E-state index in [0.29, 0.717) is 12.0 Å². The van der Waals surface area contributed by atoms with E-state index in [1.54, 1.807) is 0 Å². The Morgan fingerprint density at radius 3 is 1.82 bits per heavy atom. The van der Waals surface area contributed by atoms with Gasteiger partial charge in [0.2, 0.25) is 0 Å². The molecule has 22 heavy (non-hydrogen) atoms. The van der Waals surface area contributed by atoms with Crippen molar-refractivity contribution in [1.29, 1.82) is 0 Å². The normalized spacial score (nSPS) is 13.4. The Labute approximate surface area is 139 Å². The van der Waals surface area contributed by atoms with Gasteiger partial charge in [-0.15, -0.1) is 0 Å². The molecule has 4 heteroatoms. The first-order chi connectivity index (χ1) is 10.2. The topological polar surface area (TPSA) is 46.5 Å². The van der Waals surface area contributed by atoms with E-state index < -0.39 is 15.0 Å². The van der Waals surface area contributed by atoms with E-state index in [4.69, 9.17) is 5.11 Å². The van der Waals surface area contributed by atoms with Gasteiger partial charge in [0.05, 0.1) is 6.61 Å². The van der Waals surface area contributed by atoms with Crippen molar-refractivity contribution >= 4 is 15.0 Å². The van der Waals surface area contributed by atoms with E-state index in [1.165, 1.54) is 44.9 Å². The molecular weight excluding hydrogens is 292 g/mol. The van der Waals surface area contributed by atoms with Gasteiger partial charge in [0.25, 0.3) is 0 Å². The summed E-state index contributed by atoms with van der Waals surface area (Å²) < 4.78 is 4.49. The quantitative estimate of drug-likeness (QED) is 0.267. The molecular formula is C18H38O3Si. The van der Waals surface area contributed by atoms with E-state index in [2.05, 4.69) is 38.6 Å². The highest BCUT2D eigenvalue weighted by Gasteiger charge is 2.27. The number of hydrogen-bond donors (Lipinski definition) is 1. The lowest BCUT2D eigenvalue weighted by molar-refractivity contribution is 0.0899. The highest BCUT2D eigenvalue weighted by molar-refractivity contribution is 6.57. The van der Waals surface area contributed by atoms with Gasteiger partial charge >= 0.3 is 6.16 Å². The lowest BCUT2D eigenvalue weighted by Gasteiger charge is -2.33. The van der Waals surface area contributed by atoms with Crippen molar-refractivity contribution in [3.05, 3.63) is 0 Å². The fraction of sp³-hybridized carbons (Fsp3) is 0.944. The monoisotopic (exact) mass is 330 g/mol. The van der Waals surface area contributed by atoms with Gasteiger partial charge < -0.3 is 9.84 Å². The molecule has 0 amide bonds. The standard InChI is InChI=1S/C18H38O3Si/c1-18(2,3)16(22(4)5)14-12-10-8-6-7-9-11-13-15-21-17(19)20/h16,22H,6-15H2,1-5H3,(H,19,20). The predicted octanol–water partition coefficient (Wildman–Crippen LogP) is 6.09. The molecule has 1 unspecified atom stereocenters. The molecule has 0 aliphatic carbocycles. The van der Waals surface area contributed by atoms with Gasteiger partial charge in [-0.1, -0.05) is 85.2 Å². The summed E-state index contributed by atoms with van der Waals surface area (Å²) in [6.07, 6.45) is 10.1. The predicted molar refractivity (Wildman–Crippen MR) is 97.6 cm³/mol. The van der Waals surface area contributed by atoms with Crippen molar-refractivity contribution in [2.45, 2.75) is 97.2 Å². The van der Waals surface area contributed by atoms with Gasteiger partial charge in [0.1, 0.15) is 0 Å². The molecule has 0 aromatic rings. The minimum Gasteiger partial charge on any atom is -0.450 e. The van der Waals surface area contributed by atoms with Crippen LogP contribution in [-0.2, 0) is 4.74 Å². The molecule has 0 saturated carbocycles. The number of carboxylic acid groups (broad SMARTS) is 1. The highest BCUT2D eigenvalue weighted by atomic mass is 28.3. The van der Waals surface area contributed by atoms with Gasteiger partial charge in [0, 0.05) is 8.80 Å². The molecule has 1 N–H and O–H groups in total. The van der Waals surface area contributed by atoms with Crippen LogP contribution in [0.4, 0.5) is 4.79 Å². The third-order valence-corrected chi connectivity index (χ3v) is 7.49. The second-order valence-electron chi connectivity index (χ2n) is 7.95. The third kappa shape index (κ3) is 12.1. The number of carbonyl (C=O) groups is 1. The summed E-state index contributed by atoms with van der Waals surface area (Å²) in [5.74, 6) is 0. The fourth-order valence-corrected chi connectivity index (χ4v) is 6.36. The maximum absolute atomic E-state index is 10.2. The molecule has 0 bridgehead atoms. The Hall–Kier alpha value is -0.513. The Bertz CT molecular complexity index is 285. The summed E-state index contributed by atoms with van der Waals surface area (Å²) in [7, 11) is -0.553. The largest absolute Gasteiger partial charge is 0.505 e. The summed E-state index contributed by atoms with van der Waals surface area (Å²) in [6, 6.07) is 0. The Kier molecular flexibility index (Phi) is 11.7. The SMILES string of the molecule is C[SiH](C)C(CCCCCCCCCCOC(=O)O)C(C)(C)C. The molecule has 132 valence electrons. The summed E-state index contributed by atoms with van der Waals surface area (Å²) in [6.45, 7) is 12.5. The van der Waals surface area contributed by atoms with Crippen molar-refractivity contribution in [3.8, 4) is 0 Å². The second kappa shape index (κ2) is 12.0. The van der Waals surface area contributed by atoms with E-state index >= 15 is 0 Å². The molecule has 0 aromatic carbocycles. The molecule has 0 aliphatic heterocycles. The van der Waals surface area contributed by atoms with Crippen LogP contribution in [0.25, 0.3) is 0 Å². The van der Waals surface area contributed by atoms with Crippen LogP contribution in [0.15, 0.2) is 0 Å². The molecule has 0 spiro atoms.